The van der Waals surface area contributed by atoms with Crippen molar-refractivity contribution in [2.45, 2.75) is 43.7 Å². The fraction of sp³-hybridized carbons (Fsp3) is 0.471. The summed E-state index contributed by atoms with van der Waals surface area (Å²) in [6, 6.07) is 11.3. The predicted molar refractivity (Wildman–Crippen MR) is 88.8 cm³/mol. The molecule has 2 aromatic rings. The zero-order chi connectivity index (χ0) is 14.7. The molecule has 0 bridgehead atoms. The Kier molecular flexibility index (Phi) is 4.66. The van der Waals surface area contributed by atoms with E-state index in [2.05, 4.69) is 59.3 Å². The van der Waals surface area contributed by atoms with Crippen LogP contribution in [-0.4, -0.2) is 22.1 Å². The Morgan fingerprint density at radius 3 is 3.00 bits per heavy atom. The molecule has 1 aliphatic rings. The lowest BCUT2D eigenvalue weighted by atomic mass is 9.91. The van der Waals surface area contributed by atoms with Crippen molar-refractivity contribution in [3.8, 4) is 0 Å². The fourth-order valence-electron chi connectivity index (χ4n) is 3.09. The molecule has 3 rings (SSSR count). The van der Waals surface area contributed by atoms with Crippen LogP contribution in [0.15, 0.2) is 41.4 Å². The standard InChI is InChI=1S/C17H23N3S/c1-3-10-18-17(15-9-11-19-20(15)4-2)14-12-21-16-8-6-5-7-13(14)16/h5-9,11,14,17-18H,3-4,10,12H2,1-2H3. The maximum atomic E-state index is 4.46. The molecule has 0 saturated heterocycles. The molecule has 2 unspecified atom stereocenters. The summed E-state index contributed by atoms with van der Waals surface area (Å²) in [6.07, 6.45) is 3.08. The molecular formula is C17H23N3S. The summed E-state index contributed by atoms with van der Waals surface area (Å²) in [4.78, 5) is 1.44. The number of aromatic nitrogens is 2. The normalized spacial score (nSPS) is 18.7. The Bertz CT molecular complexity index is 593. The van der Waals surface area contributed by atoms with E-state index in [1.54, 1.807) is 0 Å². The topological polar surface area (TPSA) is 29.9 Å². The van der Waals surface area contributed by atoms with E-state index in [1.807, 2.05) is 18.0 Å². The Hall–Kier alpha value is -1.26. The van der Waals surface area contributed by atoms with Crippen molar-refractivity contribution < 1.29 is 0 Å². The van der Waals surface area contributed by atoms with Crippen molar-refractivity contribution in [3.63, 3.8) is 0 Å². The van der Waals surface area contributed by atoms with Gasteiger partial charge >= 0.3 is 0 Å². The van der Waals surface area contributed by atoms with Crippen LogP contribution in [0, 0.1) is 0 Å². The molecule has 1 aromatic carbocycles. The van der Waals surface area contributed by atoms with Crippen LogP contribution in [0.1, 0.15) is 43.5 Å². The first-order chi connectivity index (χ1) is 10.3. The summed E-state index contributed by atoms with van der Waals surface area (Å²) in [5, 5.41) is 8.22. The second-order valence-corrected chi connectivity index (χ2v) is 6.52. The van der Waals surface area contributed by atoms with Gasteiger partial charge in [0.25, 0.3) is 0 Å². The summed E-state index contributed by atoms with van der Waals surface area (Å²) in [5.41, 5.74) is 2.80. The van der Waals surface area contributed by atoms with Crippen LogP contribution >= 0.6 is 11.8 Å². The van der Waals surface area contributed by atoms with Gasteiger partial charge in [-0.1, -0.05) is 25.1 Å². The summed E-state index contributed by atoms with van der Waals surface area (Å²) >= 11 is 1.98. The second kappa shape index (κ2) is 6.67. The average molecular weight is 301 g/mol. The van der Waals surface area contributed by atoms with Crippen molar-refractivity contribution >= 4 is 11.8 Å². The molecule has 1 aromatic heterocycles. The van der Waals surface area contributed by atoms with E-state index < -0.39 is 0 Å². The molecule has 112 valence electrons. The van der Waals surface area contributed by atoms with Crippen LogP contribution < -0.4 is 5.32 Å². The third-order valence-electron chi connectivity index (χ3n) is 4.12. The molecule has 2 atom stereocenters. The van der Waals surface area contributed by atoms with E-state index in [0.29, 0.717) is 12.0 Å². The molecule has 0 radical (unpaired) electrons. The summed E-state index contributed by atoms with van der Waals surface area (Å²) in [5.74, 6) is 1.68. The van der Waals surface area contributed by atoms with Crippen LogP contribution in [-0.2, 0) is 6.54 Å². The third-order valence-corrected chi connectivity index (χ3v) is 5.33. The predicted octanol–water partition coefficient (Wildman–Crippen LogP) is 3.83. The molecule has 0 saturated carbocycles. The molecule has 0 aliphatic carbocycles. The highest BCUT2D eigenvalue weighted by Crippen LogP contribution is 2.45. The van der Waals surface area contributed by atoms with Crippen molar-refractivity contribution in [3.05, 3.63) is 47.8 Å². The van der Waals surface area contributed by atoms with E-state index in [4.69, 9.17) is 0 Å². The van der Waals surface area contributed by atoms with Crippen molar-refractivity contribution in [2.75, 3.05) is 12.3 Å². The van der Waals surface area contributed by atoms with Gasteiger partial charge in [0.15, 0.2) is 0 Å². The number of hydrogen-bond acceptors (Lipinski definition) is 3. The van der Waals surface area contributed by atoms with E-state index in [1.165, 1.54) is 16.2 Å². The van der Waals surface area contributed by atoms with Gasteiger partial charge in [-0.25, -0.2) is 0 Å². The lowest BCUT2D eigenvalue weighted by molar-refractivity contribution is 0.434. The largest absolute Gasteiger partial charge is 0.308 e. The highest BCUT2D eigenvalue weighted by molar-refractivity contribution is 7.99. The molecule has 0 amide bonds. The van der Waals surface area contributed by atoms with Crippen LogP contribution in [0.4, 0.5) is 0 Å². The van der Waals surface area contributed by atoms with E-state index in [-0.39, 0.29) is 0 Å². The first-order valence-electron chi connectivity index (χ1n) is 7.82. The Balaban J connectivity index is 1.94. The highest BCUT2D eigenvalue weighted by atomic mass is 32.2. The van der Waals surface area contributed by atoms with E-state index in [0.717, 1.165) is 25.3 Å². The molecule has 21 heavy (non-hydrogen) atoms. The minimum atomic E-state index is 0.351. The maximum Gasteiger partial charge on any atom is 0.0570 e. The first kappa shape index (κ1) is 14.7. The number of aryl methyl sites for hydroxylation is 1. The number of thioether (sulfide) groups is 1. The van der Waals surface area contributed by atoms with E-state index in [9.17, 15) is 0 Å². The third kappa shape index (κ3) is 2.87. The van der Waals surface area contributed by atoms with Gasteiger partial charge in [0.2, 0.25) is 0 Å². The summed E-state index contributed by atoms with van der Waals surface area (Å²) in [7, 11) is 0. The molecule has 0 fully saturated rings. The SMILES string of the molecule is CCCNC(c1ccnn1CC)C1CSc2ccccc21. The monoisotopic (exact) mass is 301 g/mol. The highest BCUT2D eigenvalue weighted by Gasteiger charge is 2.32. The number of rotatable bonds is 6. The number of nitrogens with one attached hydrogen (secondary N) is 1. The number of hydrogen-bond donors (Lipinski definition) is 1. The van der Waals surface area contributed by atoms with Gasteiger partial charge in [-0.3, -0.25) is 4.68 Å². The van der Waals surface area contributed by atoms with Crippen molar-refractivity contribution in [2.24, 2.45) is 0 Å². The van der Waals surface area contributed by atoms with Crippen LogP contribution in [0.2, 0.25) is 0 Å². The quantitative estimate of drug-likeness (QED) is 0.879. The summed E-state index contributed by atoms with van der Waals surface area (Å²) in [6.45, 7) is 6.35. The minimum absolute atomic E-state index is 0.351. The van der Waals surface area contributed by atoms with Crippen LogP contribution in [0.5, 0.6) is 0 Å². The Labute approximate surface area is 131 Å². The van der Waals surface area contributed by atoms with Gasteiger partial charge in [0.1, 0.15) is 0 Å². The van der Waals surface area contributed by atoms with Gasteiger partial charge in [-0.05, 0) is 37.6 Å². The second-order valence-electron chi connectivity index (χ2n) is 5.46. The van der Waals surface area contributed by atoms with E-state index >= 15 is 0 Å². The van der Waals surface area contributed by atoms with Gasteiger partial charge in [-0.15, -0.1) is 11.8 Å². The van der Waals surface area contributed by atoms with Gasteiger partial charge in [0, 0.05) is 29.3 Å². The molecule has 1 N–H and O–H groups in total. The lowest BCUT2D eigenvalue weighted by Crippen LogP contribution is -2.30. The lowest BCUT2D eigenvalue weighted by Gasteiger charge is -2.26. The molecule has 4 heteroatoms. The molecule has 2 heterocycles. The van der Waals surface area contributed by atoms with Gasteiger partial charge in [-0.2, -0.15) is 5.10 Å². The van der Waals surface area contributed by atoms with Gasteiger partial charge < -0.3 is 5.32 Å². The fourth-order valence-corrected chi connectivity index (χ4v) is 4.38. The zero-order valence-electron chi connectivity index (χ0n) is 12.7. The summed E-state index contributed by atoms with van der Waals surface area (Å²) < 4.78 is 2.12. The molecule has 1 aliphatic heterocycles. The Morgan fingerprint density at radius 2 is 2.19 bits per heavy atom. The van der Waals surface area contributed by atoms with Crippen molar-refractivity contribution in [1.29, 1.82) is 0 Å². The van der Waals surface area contributed by atoms with Crippen LogP contribution in [0.25, 0.3) is 0 Å². The average Bonchev–Trinajstić information content (AvgIpc) is 3.15. The molecule has 0 spiro atoms. The first-order valence-corrected chi connectivity index (χ1v) is 8.80. The van der Waals surface area contributed by atoms with Crippen LogP contribution in [0.3, 0.4) is 0 Å². The van der Waals surface area contributed by atoms with Gasteiger partial charge in [0.05, 0.1) is 11.7 Å². The number of fused-ring (bicyclic) bond motifs is 1. The minimum Gasteiger partial charge on any atom is -0.308 e. The smallest absolute Gasteiger partial charge is 0.0570 e. The Morgan fingerprint density at radius 1 is 1.33 bits per heavy atom. The zero-order valence-corrected chi connectivity index (χ0v) is 13.6. The number of nitrogens with zero attached hydrogens (tertiary/aromatic N) is 2. The number of benzene rings is 1. The van der Waals surface area contributed by atoms with Crippen molar-refractivity contribution in [1.82, 2.24) is 15.1 Å². The molecule has 3 nitrogen and oxygen atoms in total. The molecular weight excluding hydrogens is 278 g/mol. The maximum absolute atomic E-state index is 4.46.